The fraction of sp³-hybridized carbons (Fsp3) is 0.643. The maximum absolute atomic E-state index is 5.67. The summed E-state index contributed by atoms with van der Waals surface area (Å²) in [5.41, 5.74) is 0. The van der Waals surface area contributed by atoms with Crippen LogP contribution >= 0.6 is 0 Å². The van der Waals surface area contributed by atoms with E-state index < -0.39 is 0 Å². The molecule has 4 heteroatoms. The molecule has 1 unspecified atom stereocenters. The second kappa shape index (κ2) is 6.59. The van der Waals surface area contributed by atoms with Crippen molar-refractivity contribution in [3.05, 3.63) is 18.3 Å². The van der Waals surface area contributed by atoms with Crippen LogP contribution in [0.25, 0.3) is 0 Å². The number of hydrogen-bond acceptors (Lipinski definition) is 4. The third-order valence-corrected chi connectivity index (χ3v) is 3.36. The van der Waals surface area contributed by atoms with Gasteiger partial charge in [-0.2, -0.15) is 0 Å². The van der Waals surface area contributed by atoms with E-state index in [9.17, 15) is 0 Å². The Balaban J connectivity index is 2.10. The van der Waals surface area contributed by atoms with Crippen molar-refractivity contribution in [1.29, 1.82) is 0 Å². The minimum Gasteiger partial charge on any atom is -0.490 e. The van der Waals surface area contributed by atoms with Crippen molar-refractivity contribution >= 4 is 5.82 Å². The molecule has 0 amide bonds. The second-order valence-corrected chi connectivity index (χ2v) is 4.77. The van der Waals surface area contributed by atoms with E-state index in [0.717, 1.165) is 31.2 Å². The van der Waals surface area contributed by atoms with Crippen LogP contribution < -0.4 is 15.0 Å². The quantitative estimate of drug-likeness (QED) is 0.865. The number of hydrogen-bond donors (Lipinski definition) is 1. The van der Waals surface area contributed by atoms with Crippen molar-refractivity contribution in [3.63, 3.8) is 0 Å². The molecular formula is C14H23N3O. The highest BCUT2D eigenvalue weighted by molar-refractivity contribution is 5.52. The monoisotopic (exact) mass is 249 g/mol. The summed E-state index contributed by atoms with van der Waals surface area (Å²) in [4.78, 5) is 6.85. The fourth-order valence-electron chi connectivity index (χ4n) is 2.60. The first-order valence-corrected chi connectivity index (χ1v) is 6.82. The Hall–Kier alpha value is -1.29. The molecule has 0 bridgehead atoms. The molecule has 2 rings (SSSR count). The van der Waals surface area contributed by atoms with E-state index in [1.807, 2.05) is 32.3 Å². The van der Waals surface area contributed by atoms with Gasteiger partial charge in [-0.1, -0.05) is 0 Å². The number of anilines is 1. The molecule has 0 saturated carbocycles. The third kappa shape index (κ3) is 3.13. The van der Waals surface area contributed by atoms with Crippen molar-refractivity contribution in [3.8, 4) is 5.75 Å². The molecule has 1 aromatic heterocycles. The van der Waals surface area contributed by atoms with Crippen molar-refractivity contribution in [1.82, 2.24) is 10.3 Å². The van der Waals surface area contributed by atoms with Crippen LogP contribution in [-0.2, 0) is 0 Å². The first kappa shape index (κ1) is 13.1. The molecule has 1 aliphatic heterocycles. The molecule has 4 nitrogen and oxygen atoms in total. The number of rotatable bonds is 5. The summed E-state index contributed by atoms with van der Waals surface area (Å²) in [6, 6.07) is 3.94. The summed E-state index contributed by atoms with van der Waals surface area (Å²) in [7, 11) is 2.02. The van der Waals surface area contributed by atoms with Gasteiger partial charge >= 0.3 is 0 Å². The molecule has 1 aromatic rings. The molecule has 1 saturated heterocycles. The summed E-state index contributed by atoms with van der Waals surface area (Å²) in [6.07, 6.45) is 4.38. The third-order valence-electron chi connectivity index (χ3n) is 3.36. The van der Waals surface area contributed by atoms with E-state index in [1.54, 1.807) is 0 Å². The number of nitrogens with zero attached hydrogens (tertiary/aromatic N) is 2. The van der Waals surface area contributed by atoms with Crippen molar-refractivity contribution in [2.75, 3.05) is 38.2 Å². The molecule has 1 fully saturated rings. The maximum atomic E-state index is 5.67. The van der Waals surface area contributed by atoms with E-state index in [1.165, 1.54) is 12.8 Å². The van der Waals surface area contributed by atoms with Gasteiger partial charge in [0.25, 0.3) is 0 Å². The normalized spacial score (nSPS) is 19.9. The zero-order valence-electron chi connectivity index (χ0n) is 11.4. The Morgan fingerprint density at radius 1 is 1.56 bits per heavy atom. The number of ether oxygens (including phenoxy) is 1. The van der Waals surface area contributed by atoms with Crippen LogP contribution in [0.5, 0.6) is 5.75 Å². The lowest BCUT2D eigenvalue weighted by Gasteiger charge is -2.34. The van der Waals surface area contributed by atoms with Gasteiger partial charge in [0, 0.05) is 19.3 Å². The van der Waals surface area contributed by atoms with Gasteiger partial charge in [-0.3, -0.25) is 0 Å². The van der Waals surface area contributed by atoms with Crippen LogP contribution in [0.1, 0.15) is 19.8 Å². The van der Waals surface area contributed by atoms with Gasteiger partial charge in [0.15, 0.2) is 11.6 Å². The lowest BCUT2D eigenvalue weighted by molar-refractivity contribution is 0.335. The molecule has 0 radical (unpaired) electrons. The maximum Gasteiger partial charge on any atom is 0.171 e. The van der Waals surface area contributed by atoms with Crippen LogP contribution in [-0.4, -0.2) is 38.3 Å². The van der Waals surface area contributed by atoms with E-state index in [2.05, 4.69) is 15.2 Å². The Labute approximate surface area is 109 Å². The minimum atomic E-state index is 0.687. The van der Waals surface area contributed by atoms with Crippen LogP contribution in [0, 0.1) is 5.92 Å². The largest absolute Gasteiger partial charge is 0.490 e. The highest BCUT2D eigenvalue weighted by Gasteiger charge is 2.22. The molecule has 0 spiro atoms. The van der Waals surface area contributed by atoms with Gasteiger partial charge in [0.05, 0.1) is 6.61 Å². The first-order chi connectivity index (χ1) is 8.85. The lowest BCUT2D eigenvalue weighted by atomic mass is 9.98. The molecule has 0 aliphatic carbocycles. The van der Waals surface area contributed by atoms with Gasteiger partial charge in [0.1, 0.15) is 0 Å². The van der Waals surface area contributed by atoms with Gasteiger partial charge in [-0.05, 0) is 51.4 Å². The van der Waals surface area contributed by atoms with Crippen LogP contribution in [0.15, 0.2) is 18.3 Å². The topological polar surface area (TPSA) is 37.4 Å². The Bertz CT molecular complexity index is 368. The first-order valence-electron chi connectivity index (χ1n) is 6.82. The second-order valence-electron chi connectivity index (χ2n) is 4.77. The van der Waals surface area contributed by atoms with E-state index in [4.69, 9.17) is 4.74 Å². The minimum absolute atomic E-state index is 0.687. The molecule has 1 N–H and O–H groups in total. The summed E-state index contributed by atoms with van der Waals surface area (Å²) < 4.78 is 5.67. The number of aromatic nitrogens is 1. The standard InChI is InChI=1S/C14H23N3O/c1-3-18-13-7-4-8-16-14(13)17-9-5-6-12(11-17)10-15-2/h4,7-8,12,15H,3,5-6,9-11H2,1-2H3. The molecule has 1 aliphatic rings. The number of piperidine rings is 1. The highest BCUT2D eigenvalue weighted by Crippen LogP contribution is 2.29. The fourth-order valence-corrected chi connectivity index (χ4v) is 2.60. The number of nitrogens with one attached hydrogen (secondary N) is 1. The number of pyridine rings is 1. The van der Waals surface area contributed by atoms with E-state index in [-0.39, 0.29) is 0 Å². The highest BCUT2D eigenvalue weighted by atomic mass is 16.5. The SMILES string of the molecule is CCOc1cccnc1N1CCCC(CNC)C1. The predicted octanol–water partition coefficient (Wildman–Crippen LogP) is 1.92. The summed E-state index contributed by atoms with van der Waals surface area (Å²) in [5.74, 6) is 2.62. The van der Waals surface area contributed by atoms with Crippen molar-refractivity contribution in [2.24, 2.45) is 5.92 Å². The zero-order valence-corrected chi connectivity index (χ0v) is 11.4. The Morgan fingerprint density at radius 3 is 3.22 bits per heavy atom. The van der Waals surface area contributed by atoms with Gasteiger partial charge in [-0.25, -0.2) is 4.98 Å². The molecular weight excluding hydrogens is 226 g/mol. The van der Waals surface area contributed by atoms with Crippen molar-refractivity contribution in [2.45, 2.75) is 19.8 Å². The molecule has 100 valence electrons. The lowest BCUT2D eigenvalue weighted by Crippen LogP contribution is -2.39. The average molecular weight is 249 g/mol. The Morgan fingerprint density at radius 2 is 2.44 bits per heavy atom. The van der Waals surface area contributed by atoms with E-state index >= 15 is 0 Å². The average Bonchev–Trinajstić information content (AvgIpc) is 2.40. The summed E-state index contributed by atoms with van der Waals surface area (Å²) in [5, 5.41) is 3.27. The smallest absolute Gasteiger partial charge is 0.171 e. The van der Waals surface area contributed by atoms with Gasteiger partial charge in [0.2, 0.25) is 0 Å². The van der Waals surface area contributed by atoms with E-state index in [0.29, 0.717) is 12.5 Å². The zero-order chi connectivity index (χ0) is 12.8. The molecule has 2 heterocycles. The van der Waals surface area contributed by atoms with Crippen LogP contribution in [0.4, 0.5) is 5.82 Å². The van der Waals surface area contributed by atoms with Gasteiger partial charge in [-0.15, -0.1) is 0 Å². The Kier molecular flexibility index (Phi) is 4.81. The van der Waals surface area contributed by atoms with Gasteiger partial charge < -0.3 is 15.0 Å². The molecule has 1 atom stereocenters. The predicted molar refractivity (Wildman–Crippen MR) is 74.3 cm³/mol. The summed E-state index contributed by atoms with van der Waals surface area (Å²) >= 11 is 0. The molecule has 18 heavy (non-hydrogen) atoms. The van der Waals surface area contributed by atoms with Crippen LogP contribution in [0.3, 0.4) is 0 Å². The van der Waals surface area contributed by atoms with Crippen LogP contribution in [0.2, 0.25) is 0 Å². The molecule has 0 aromatic carbocycles. The summed E-state index contributed by atoms with van der Waals surface area (Å²) in [6.45, 7) is 5.92. The van der Waals surface area contributed by atoms with Crippen molar-refractivity contribution < 1.29 is 4.74 Å².